The number of rotatable bonds is 1. The lowest BCUT2D eigenvalue weighted by Gasteiger charge is -2.00. The Morgan fingerprint density at radius 3 is 2.70 bits per heavy atom. The van der Waals surface area contributed by atoms with Crippen molar-refractivity contribution in [2.75, 3.05) is 5.73 Å². The van der Waals surface area contributed by atoms with Crippen LogP contribution in [0.5, 0.6) is 0 Å². The van der Waals surface area contributed by atoms with Crippen LogP contribution in [-0.4, -0.2) is 10.1 Å². The fourth-order valence-corrected chi connectivity index (χ4v) is 0.619. The Morgan fingerprint density at radius 2 is 2.30 bits per heavy atom. The molecule has 53 valence electrons. The summed E-state index contributed by atoms with van der Waals surface area (Å²) in [7, 11) is 0. The average molecular weight is 137 g/mol. The van der Waals surface area contributed by atoms with Crippen molar-refractivity contribution in [3.8, 4) is 0 Å². The molecular formula is C7H9N2O. The minimum absolute atomic E-state index is 0.257. The van der Waals surface area contributed by atoms with E-state index < -0.39 is 0 Å². The fourth-order valence-electron chi connectivity index (χ4n) is 0.619. The SMILES string of the molecule is C[C](O)c1ccc(N)nc1. The number of nitrogens with zero attached hydrogens (tertiary/aromatic N) is 1. The summed E-state index contributed by atoms with van der Waals surface area (Å²) in [5.41, 5.74) is 6.03. The number of nitrogen functional groups attached to an aromatic ring is 1. The van der Waals surface area contributed by atoms with Crippen LogP contribution in [0.4, 0.5) is 5.82 Å². The lowest BCUT2D eigenvalue weighted by Crippen LogP contribution is -1.95. The van der Waals surface area contributed by atoms with Gasteiger partial charge < -0.3 is 10.8 Å². The Balaban J connectivity index is 2.89. The highest BCUT2D eigenvalue weighted by Crippen LogP contribution is 2.09. The summed E-state index contributed by atoms with van der Waals surface area (Å²) in [6.45, 7) is 1.60. The lowest BCUT2D eigenvalue weighted by molar-refractivity contribution is 0.340. The van der Waals surface area contributed by atoms with Crippen molar-refractivity contribution < 1.29 is 5.11 Å². The molecule has 0 aliphatic heterocycles. The third-order valence-corrected chi connectivity index (χ3v) is 1.20. The Bertz CT molecular complexity index is 205. The van der Waals surface area contributed by atoms with Gasteiger partial charge in [-0.25, -0.2) is 4.98 Å². The summed E-state index contributed by atoms with van der Waals surface area (Å²) in [5.74, 6) is 0.463. The van der Waals surface area contributed by atoms with Gasteiger partial charge >= 0.3 is 0 Å². The summed E-state index contributed by atoms with van der Waals surface area (Å²) >= 11 is 0. The van der Waals surface area contributed by atoms with Crippen LogP contribution >= 0.6 is 0 Å². The molecular weight excluding hydrogens is 128 g/mol. The van der Waals surface area contributed by atoms with E-state index in [-0.39, 0.29) is 6.10 Å². The summed E-state index contributed by atoms with van der Waals surface area (Å²) in [6, 6.07) is 3.37. The molecule has 0 atom stereocenters. The van der Waals surface area contributed by atoms with Crippen LogP contribution < -0.4 is 5.73 Å². The molecule has 0 aliphatic rings. The molecule has 0 spiro atoms. The van der Waals surface area contributed by atoms with E-state index in [0.717, 1.165) is 0 Å². The molecule has 0 aliphatic carbocycles. The molecule has 1 heterocycles. The highest BCUT2D eigenvalue weighted by atomic mass is 16.3. The summed E-state index contributed by atoms with van der Waals surface area (Å²) in [4.78, 5) is 3.80. The van der Waals surface area contributed by atoms with Crippen molar-refractivity contribution in [1.29, 1.82) is 0 Å². The fraction of sp³-hybridized carbons (Fsp3) is 0.143. The zero-order chi connectivity index (χ0) is 7.56. The Morgan fingerprint density at radius 1 is 1.60 bits per heavy atom. The lowest BCUT2D eigenvalue weighted by atomic mass is 10.2. The Labute approximate surface area is 59.5 Å². The van der Waals surface area contributed by atoms with Crippen LogP contribution in [0, 0.1) is 6.10 Å². The largest absolute Gasteiger partial charge is 0.384 e. The highest BCUT2D eigenvalue weighted by molar-refractivity contribution is 5.32. The first-order valence-electron chi connectivity index (χ1n) is 2.94. The van der Waals surface area contributed by atoms with Gasteiger partial charge in [-0.05, 0) is 13.0 Å². The molecule has 1 rings (SSSR count). The average Bonchev–Trinajstić information content (AvgIpc) is 1.88. The van der Waals surface area contributed by atoms with E-state index in [4.69, 9.17) is 10.8 Å². The number of aromatic nitrogens is 1. The molecule has 0 fully saturated rings. The number of anilines is 1. The molecule has 1 radical (unpaired) electrons. The van der Waals surface area contributed by atoms with Gasteiger partial charge in [0.15, 0.2) is 0 Å². The molecule has 0 saturated carbocycles. The summed E-state index contributed by atoms with van der Waals surface area (Å²) in [5, 5.41) is 8.95. The third-order valence-electron chi connectivity index (χ3n) is 1.20. The molecule has 0 amide bonds. The van der Waals surface area contributed by atoms with E-state index >= 15 is 0 Å². The van der Waals surface area contributed by atoms with Crippen molar-refractivity contribution >= 4 is 5.82 Å². The van der Waals surface area contributed by atoms with E-state index in [1.54, 1.807) is 19.1 Å². The maximum atomic E-state index is 8.95. The van der Waals surface area contributed by atoms with Gasteiger partial charge in [-0.15, -0.1) is 0 Å². The maximum Gasteiger partial charge on any atom is 0.123 e. The van der Waals surface area contributed by atoms with Crippen molar-refractivity contribution in [3.05, 3.63) is 30.0 Å². The van der Waals surface area contributed by atoms with Crippen LogP contribution in [0.3, 0.4) is 0 Å². The molecule has 0 aromatic carbocycles. The van der Waals surface area contributed by atoms with Crippen LogP contribution in [-0.2, 0) is 0 Å². The van der Waals surface area contributed by atoms with Crippen LogP contribution in [0.15, 0.2) is 18.3 Å². The number of hydrogen-bond acceptors (Lipinski definition) is 3. The van der Waals surface area contributed by atoms with Crippen LogP contribution in [0.2, 0.25) is 0 Å². The number of pyridine rings is 1. The first-order chi connectivity index (χ1) is 4.70. The molecule has 3 N–H and O–H groups in total. The summed E-state index contributed by atoms with van der Waals surface area (Å²) in [6.07, 6.45) is 1.79. The van der Waals surface area contributed by atoms with Gasteiger partial charge in [-0.1, -0.05) is 6.07 Å². The van der Waals surface area contributed by atoms with Gasteiger partial charge in [0.05, 0.1) is 0 Å². The second kappa shape index (κ2) is 2.66. The Kier molecular flexibility index (Phi) is 1.87. The van der Waals surface area contributed by atoms with E-state index in [1.165, 1.54) is 6.20 Å². The van der Waals surface area contributed by atoms with Crippen LogP contribution in [0.25, 0.3) is 0 Å². The van der Waals surface area contributed by atoms with E-state index in [9.17, 15) is 0 Å². The second-order valence-electron chi connectivity index (χ2n) is 2.06. The smallest absolute Gasteiger partial charge is 0.123 e. The summed E-state index contributed by atoms with van der Waals surface area (Å²) < 4.78 is 0. The molecule has 0 unspecified atom stereocenters. The highest BCUT2D eigenvalue weighted by Gasteiger charge is 1.99. The van der Waals surface area contributed by atoms with Gasteiger partial charge in [0, 0.05) is 11.8 Å². The number of hydrogen-bond donors (Lipinski definition) is 2. The molecule has 3 nitrogen and oxygen atoms in total. The predicted octanol–water partition coefficient (Wildman–Crippen LogP) is 0.936. The molecule has 10 heavy (non-hydrogen) atoms. The number of aliphatic hydroxyl groups is 1. The topological polar surface area (TPSA) is 59.1 Å². The number of nitrogens with two attached hydrogens (primary N) is 1. The predicted molar refractivity (Wildman–Crippen MR) is 38.6 cm³/mol. The third kappa shape index (κ3) is 1.45. The second-order valence-corrected chi connectivity index (χ2v) is 2.06. The van der Waals surface area contributed by atoms with Crippen molar-refractivity contribution in [2.24, 2.45) is 0 Å². The minimum atomic E-state index is 0.257. The monoisotopic (exact) mass is 137 g/mol. The van der Waals surface area contributed by atoms with Gasteiger partial charge in [0.1, 0.15) is 11.9 Å². The molecule has 1 aromatic rings. The molecule has 0 bridgehead atoms. The van der Waals surface area contributed by atoms with Gasteiger partial charge in [-0.2, -0.15) is 0 Å². The van der Waals surface area contributed by atoms with Gasteiger partial charge in [-0.3, -0.25) is 0 Å². The molecule has 3 heteroatoms. The minimum Gasteiger partial charge on any atom is -0.384 e. The van der Waals surface area contributed by atoms with E-state index in [1.807, 2.05) is 0 Å². The molecule has 1 aromatic heterocycles. The normalized spacial score (nSPS) is 10.3. The van der Waals surface area contributed by atoms with Crippen LogP contribution in [0.1, 0.15) is 12.5 Å². The van der Waals surface area contributed by atoms with Gasteiger partial charge in [0.2, 0.25) is 0 Å². The first-order valence-corrected chi connectivity index (χ1v) is 2.94. The van der Waals surface area contributed by atoms with Crippen molar-refractivity contribution in [1.82, 2.24) is 4.98 Å². The zero-order valence-electron chi connectivity index (χ0n) is 5.70. The van der Waals surface area contributed by atoms with E-state index in [2.05, 4.69) is 4.98 Å². The first kappa shape index (κ1) is 7.02. The maximum absolute atomic E-state index is 8.95. The zero-order valence-corrected chi connectivity index (χ0v) is 5.70. The number of aliphatic hydroxyl groups excluding tert-OH is 1. The van der Waals surface area contributed by atoms with Crippen molar-refractivity contribution in [2.45, 2.75) is 6.92 Å². The van der Waals surface area contributed by atoms with Crippen molar-refractivity contribution in [3.63, 3.8) is 0 Å². The Hall–Kier alpha value is -1.09. The quantitative estimate of drug-likeness (QED) is 0.605. The van der Waals surface area contributed by atoms with E-state index in [0.29, 0.717) is 11.4 Å². The standard InChI is InChI=1S/C7H9N2O/c1-5(10)6-2-3-7(8)9-4-6/h2-4,10H,1H3,(H2,8,9). The molecule has 0 saturated heterocycles. The van der Waals surface area contributed by atoms with Gasteiger partial charge in [0.25, 0.3) is 0 Å².